The number of aliphatic carboxylic acids is 2. The third kappa shape index (κ3) is 29.7. The summed E-state index contributed by atoms with van der Waals surface area (Å²) in [7, 11) is 0. The third-order valence-electron chi connectivity index (χ3n) is 21.7. The molecule has 0 radical (unpaired) electrons. The molecule has 0 aromatic heterocycles. The number of hydrogen-bond acceptors (Lipinski definition) is 19. The van der Waals surface area contributed by atoms with Crippen LogP contribution in [-0.4, -0.2) is 244 Å². The number of carboxylic acid groups (broad SMARTS) is 2. The number of primary amides is 1. The molecule has 6 aromatic carbocycles. The number of ether oxygens (including phenoxy) is 1. The van der Waals surface area contributed by atoms with Crippen molar-refractivity contribution in [1.82, 2.24) is 67.9 Å². The Morgan fingerprint density at radius 3 is 1.57 bits per heavy atom. The molecule has 3 aliphatic rings. The van der Waals surface area contributed by atoms with E-state index in [0.717, 1.165) is 16.3 Å². The zero-order valence-electron chi connectivity index (χ0n) is 68.8. The standard InChI is InChI=1S/C87H110ClN17O18/c1-53(76(89)113)93-83(120)72-17-11-37-105(72)84(121)65(16-10-36-92-86(90)91)101-85(122)87(34-8-9-35-87)102-82(119)70(48-56-18-20-59(21-19-56)50-104-40-42-123-43-41-104)99-79(116)69(47-58-25-30-64(31-26-58)94-54(2)107)98-81(118)71(52-106)100-80(117)67(45-55-12-4-3-5-13-55)97-78(115)68(46-57-23-28-63(88)29-24-57)96-77(114)66(49-60-22-27-61-14-6-7-15-62(61)44-60)95-73(108)51-103(38-32-74(109)110)39-33-75(111)112/h3-7,12-15,18-31,44,53,65-72,106H,8-11,16-17,32-43,45-52H2,1-2H3,(H2,89,113)(H,93,120)(H,94,107)(H,95,108)(H,96,114)(H,97,115)(H,98,118)(H,99,116)(H,100,117)(H,101,122)(H,102,119)(H,109,110)(H,111,112)(H4,90,91,92)/t53-,65+,66-,67-,68-,69+,70-,71+,72+/m1/s1. The second-order valence-corrected chi connectivity index (χ2v) is 31.6. The number of aliphatic hydroxyl groups is 1. The highest BCUT2D eigenvalue weighted by Gasteiger charge is 2.47. The highest BCUT2D eigenvalue weighted by atomic mass is 35.5. The number of carboxylic acids is 2. The summed E-state index contributed by atoms with van der Waals surface area (Å²) in [5, 5.41) is 70.1. The second-order valence-electron chi connectivity index (χ2n) is 31.2. The number of likely N-dealkylation sites (tertiary alicyclic amines) is 1. The van der Waals surface area contributed by atoms with Crippen molar-refractivity contribution < 1.29 is 87.2 Å². The van der Waals surface area contributed by atoms with Crippen LogP contribution >= 0.6 is 11.6 Å². The van der Waals surface area contributed by atoms with Gasteiger partial charge in [-0.25, -0.2) is 0 Å². The number of rotatable bonds is 45. The number of aliphatic hydroxyl groups excluding tert-OH is 1. The number of benzene rings is 6. The molecule has 0 spiro atoms. The van der Waals surface area contributed by atoms with Crippen LogP contribution in [-0.2, 0) is 111 Å². The van der Waals surface area contributed by atoms with Crippen LogP contribution in [0, 0.1) is 5.41 Å². The lowest BCUT2D eigenvalue weighted by molar-refractivity contribution is -0.143. The van der Waals surface area contributed by atoms with Crippen LogP contribution < -0.4 is 70.0 Å². The fraction of sp³-hybridized carbons (Fsp3) is 0.437. The monoisotopic (exact) mass is 1720 g/mol. The van der Waals surface area contributed by atoms with Gasteiger partial charge in [0.25, 0.3) is 0 Å². The van der Waals surface area contributed by atoms with E-state index in [1.54, 1.807) is 97.1 Å². The van der Waals surface area contributed by atoms with Gasteiger partial charge in [-0.05, 0) is 114 Å². The number of hydrogen-bond donors (Lipinski definition) is 17. The van der Waals surface area contributed by atoms with E-state index in [2.05, 4.69) is 63.4 Å². The average Bonchev–Trinajstić information content (AvgIpc) is 1.69. The van der Waals surface area contributed by atoms with Gasteiger partial charge in [-0.15, -0.1) is 0 Å². The first-order valence-electron chi connectivity index (χ1n) is 41.1. The summed E-state index contributed by atoms with van der Waals surface area (Å²) in [6.07, 6.45) is -0.267. The van der Waals surface area contributed by atoms with E-state index in [1.807, 2.05) is 48.5 Å². The Kier molecular flexibility index (Phi) is 35.7. The van der Waals surface area contributed by atoms with E-state index in [0.29, 0.717) is 90.6 Å². The fourth-order valence-electron chi connectivity index (χ4n) is 15.0. The number of nitrogens with two attached hydrogens (primary N) is 2. The van der Waals surface area contributed by atoms with Crippen LogP contribution in [0.3, 0.4) is 0 Å². The minimum absolute atomic E-state index is 0.0236. The number of guanidine groups is 1. The molecule has 3 fully saturated rings. The predicted molar refractivity (Wildman–Crippen MR) is 455 cm³/mol. The highest BCUT2D eigenvalue weighted by molar-refractivity contribution is 6.30. The lowest BCUT2D eigenvalue weighted by Gasteiger charge is -2.34. The number of fused-ring (bicyclic) bond motifs is 1. The van der Waals surface area contributed by atoms with Crippen molar-refractivity contribution in [2.45, 2.75) is 177 Å². The van der Waals surface area contributed by atoms with Gasteiger partial charge >= 0.3 is 11.9 Å². The van der Waals surface area contributed by atoms with Crippen molar-refractivity contribution in [2.24, 2.45) is 11.5 Å². The first-order valence-corrected chi connectivity index (χ1v) is 41.5. The Balaban J connectivity index is 1.00. The number of anilines is 1. The van der Waals surface area contributed by atoms with Gasteiger partial charge in [-0.3, -0.25) is 82.3 Å². The summed E-state index contributed by atoms with van der Waals surface area (Å²) in [6, 6.07) is 28.0. The average molecular weight is 1720 g/mol. The van der Waals surface area contributed by atoms with Crippen LogP contribution in [0.25, 0.3) is 10.8 Å². The summed E-state index contributed by atoms with van der Waals surface area (Å²) >= 11 is 6.32. The van der Waals surface area contributed by atoms with Crippen LogP contribution in [0.5, 0.6) is 0 Å². The van der Waals surface area contributed by atoms with Crippen LogP contribution in [0.4, 0.5) is 5.69 Å². The maximum Gasteiger partial charge on any atom is 0.304 e. The van der Waals surface area contributed by atoms with Gasteiger partial charge in [0, 0.05) is 95.6 Å². The normalized spacial score (nSPS) is 16.3. The summed E-state index contributed by atoms with van der Waals surface area (Å²) in [4.78, 5) is 202. The molecule has 658 valence electrons. The van der Waals surface area contributed by atoms with Gasteiger partial charge in [0.2, 0.25) is 70.9 Å². The summed E-state index contributed by atoms with van der Waals surface area (Å²) in [6.45, 7) is 3.99. The molecule has 19 N–H and O–H groups in total. The number of nitrogens with one attached hydrogen (secondary N) is 12. The number of morpholine rings is 1. The molecule has 2 saturated heterocycles. The van der Waals surface area contributed by atoms with Crippen molar-refractivity contribution in [3.05, 3.63) is 184 Å². The van der Waals surface area contributed by atoms with Gasteiger partial charge in [-0.1, -0.05) is 146 Å². The number of carbonyl (C=O) groups excluding carboxylic acids is 12. The molecule has 6 aromatic rings. The molecule has 0 bridgehead atoms. The molecule has 1 saturated carbocycles. The van der Waals surface area contributed by atoms with E-state index in [-0.39, 0.29) is 102 Å². The lowest BCUT2D eigenvalue weighted by atomic mass is 9.93. The first-order chi connectivity index (χ1) is 58.9. The molecule has 36 heteroatoms. The van der Waals surface area contributed by atoms with E-state index in [4.69, 9.17) is 33.2 Å². The molecule has 0 unspecified atom stereocenters. The topological polar surface area (TPSA) is 527 Å². The molecule has 123 heavy (non-hydrogen) atoms. The maximum atomic E-state index is 15.6. The zero-order chi connectivity index (χ0) is 88.7. The van der Waals surface area contributed by atoms with Crippen LogP contribution in [0.2, 0.25) is 5.02 Å². The molecular weight excluding hydrogens is 1610 g/mol. The Morgan fingerprint density at radius 2 is 1.03 bits per heavy atom. The van der Waals surface area contributed by atoms with Crippen molar-refractivity contribution in [3.63, 3.8) is 0 Å². The molecule has 9 rings (SSSR count). The fourth-order valence-corrected chi connectivity index (χ4v) is 15.1. The smallest absolute Gasteiger partial charge is 0.304 e. The largest absolute Gasteiger partial charge is 0.481 e. The van der Waals surface area contributed by atoms with Crippen molar-refractivity contribution in [2.75, 3.05) is 71.0 Å². The maximum absolute atomic E-state index is 15.6. The Morgan fingerprint density at radius 1 is 0.553 bits per heavy atom. The highest BCUT2D eigenvalue weighted by Crippen LogP contribution is 2.32. The van der Waals surface area contributed by atoms with Crippen molar-refractivity contribution in [3.8, 4) is 0 Å². The Labute approximate surface area is 716 Å². The molecule has 1 aliphatic carbocycles. The van der Waals surface area contributed by atoms with Crippen LogP contribution in [0.15, 0.2) is 146 Å². The van der Waals surface area contributed by atoms with Crippen molar-refractivity contribution >= 4 is 117 Å². The lowest BCUT2D eigenvalue weighted by Crippen LogP contribution is -2.65. The molecule has 35 nitrogen and oxygen atoms in total. The molecule has 12 amide bonds. The number of halogens is 1. The quantitative estimate of drug-likeness (QED) is 0.0145. The number of nitrogens with zero attached hydrogens (tertiary/aromatic N) is 3. The molecule has 2 heterocycles. The first kappa shape index (κ1) is 94.4. The SMILES string of the molecule is CC(=O)Nc1ccc(C[C@H](NC(=O)[C@H](CO)NC(=O)[C@@H](Cc2ccccc2)NC(=O)[C@@H](Cc2ccc(Cl)cc2)NC(=O)[C@@H](Cc2ccc3ccccc3c2)NC(=O)CN(CCC(=O)O)CCC(=O)O)C(=O)N[C@H](Cc2ccc(CN3CCOCC3)cc2)C(=O)NC2(C(=O)N[C@@H](CCCNC(=N)N)C(=O)N3CCC[C@H]3C(=O)N[C@H](C)C(N)=O)CCCC2)cc1. The van der Waals surface area contributed by atoms with E-state index >= 15 is 33.6 Å². The van der Waals surface area contributed by atoms with Gasteiger partial charge < -0.3 is 94.9 Å². The van der Waals surface area contributed by atoms with Crippen LogP contribution in [0.1, 0.15) is 111 Å². The van der Waals surface area contributed by atoms with E-state index in [9.17, 15) is 48.9 Å². The Hall–Kier alpha value is -12.4. The van der Waals surface area contributed by atoms with Gasteiger partial charge in [0.15, 0.2) is 5.96 Å². The molecule has 2 aliphatic heterocycles. The summed E-state index contributed by atoms with van der Waals surface area (Å²) < 4.78 is 5.56. The third-order valence-corrected chi connectivity index (χ3v) is 21.9. The number of amides is 12. The molecular formula is C87H110ClN17O18. The zero-order valence-corrected chi connectivity index (χ0v) is 69.5. The minimum Gasteiger partial charge on any atom is -0.481 e. The summed E-state index contributed by atoms with van der Waals surface area (Å²) in [5.41, 5.74) is 13.1. The van der Waals surface area contributed by atoms with Gasteiger partial charge in [0.05, 0.1) is 39.2 Å². The number of carbonyl (C=O) groups is 14. The van der Waals surface area contributed by atoms with E-state index < -0.39 is 163 Å². The minimum atomic E-state index is -1.89. The van der Waals surface area contributed by atoms with Gasteiger partial charge in [-0.2, -0.15) is 0 Å². The predicted octanol–water partition coefficient (Wildman–Crippen LogP) is 1.11. The van der Waals surface area contributed by atoms with Crippen molar-refractivity contribution in [1.29, 1.82) is 5.41 Å². The Bertz CT molecular complexity index is 4690. The second kappa shape index (κ2) is 46.5. The summed E-state index contributed by atoms with van der Waals surface area (Å²) in [5.74, 6) is -12.5. The van der Waals surface area contributed by atoms with Gasteiger partial charge in [0.1, 0.15) is 59.9 Å². The van der Waals surface area contributed by atoms with E-state index in [1.165, 1.54) is 23.6 Å². The molecule has 9 atom stereocenters.